The third-order valence-electron chi connectivity index (χ3n) is 5.13. The maximum atomic E-state index is 12.8. The average Bonchev–Trinajstić information content (AvgIpc) is 2.96. The van der Waals surface area contributed by atoms with Crippen LogP contribution in [0.3, 0.4) is 0 Å². The van der Waals surface area contributed by atoms with Crippen molar-refractivity contribution in [2.24, 2.45) is 17.6 Å². The highest BCUT2D eigenvalue weighted by molar-refractivity contribution is 6.33. The number of amides is 2. The van der Waals surface area contributed by atoms with Crippen LogP contribution in [-0.4, -0.2) is 42.4 Å². The summed E-state index contributed by atoms with van der Waals surface area (Å²) >= 11 is 6.20. The summed E-state index contributed by atoms with van der Waals surface area (Å²) in [4.78, 5) is 28.8. The van der Waals surface area contributed by atoms with Crippen molar-refractivity contribution in [2.45, 2.75) is 32.2 Å². The molecule has 24 heavy (non-hydrogen) atoms. The van der Waals surface area contributed by atoms with Crippen LogP contribution in [0.5, 0.6) is 0 Å². The molecule has 2 fully saturated rings. The minimum absolute atomic E-state index is 0.0396. The van der Waals surface area contributed by atoms with Crippen LogP contribution in [0.1, 0.15) is 26.2 Å². The van der Waals surface area contributed by atoms with Crippen LogP contribution in [0.25, 0.3) is 0 Å². The number of hydrogen-bond donors (Lipinski definition) is 1. The predicted molar refractivity (Wildman–Crippen MR) is 94.9 cm³/mol. The Balaban J connectivity index is 1.69. The van der Waals surface area contributed by atoms with Gasteiger partial charge in [0.15, 0.2) is 0 Å². The van der Waals surface area contributed by atoms with Crippen molar-refractivity contribution < 1.29 is 9.59 Å². The summed E-state index contributed by atoms with van der Waals surface area (Å²) in [5.41, 5.74) is 6.69. The zero-order valence-electron chi connectivity index (χ0n) is 14.0. The number of nitrogens with zero attached hydrogens (tertiary/aromatic N) is 2. The maximum Gasteiger partial charge on any atom is 0.228 e. The number of para-hydroxylation sites is 1. The number of benzene rings is 1. The Labute approximate surface area is 147 Å². The number of nitrogens with two attached hydrogens (primary N) is 1. The van der Waals surface area contributed by atoms with Gasteiger partial charge in [-0.1, -0.05) is 23.7 Å². The molecule has 2 saturated heterocycles. The minimum Gasteiger partial charge on any atom is -0.342 e. The normalized spacial score (nSPS) is 25.9. The fraction of sp³-hybridized carbons (Fsp3) is 0.556. The highest BCUT2D eigenvalue weighted by Crippen LogP contribution is 2.32. The molecule has 0 aromatic heterocycles. The number of likely N-dealkylation sites (tertiary alicyclic amines) is 1. The van der Waals surface area contributed by atoms with Gasteiger partial charge in [-0.2, -0.15) is 0 Å². The van der Waals surface area contributed by atoms with E-state index in [-0.39, 0.29) is 30.2 Å². The third-order valence-corrected chi connectivity index (χ3v) is 5.45. The summed E-state index contributed by atoms with van der Waals surface area (Å²) in [5, 5.41) is 0.536. The molecular weight excluding hydrogens is 326 g/mol. The Morgan fingerprint density at radius 2 is 2.08 bits per heavy atom. The van der Waals surface area contributed by atoms with Gasteiger partial charge in [0, 0.05) is 32.1 Å². The average molecular weight is 350 g/mol. The van der Waals surface area contributed by atoms with Crippen LogP contribution in [0.4, 0.5) is 5.69 Å². The predicted octanol–water partition coefficient (Wildman–Crippen LogP) is 2.28. The topological polar surface area (TPSA) is 66.6 Å². The number of piperidine rings is 1. The van der Waals surface area contributed by atoms with E-state index in [0.29, 0.717) is 29.7 Å². The molecule has 130 valence electrons. The third kappa shape index (κ3) is 3.42. The van der Waals surface area contributed by atoms with Gasteiger partial charge < -0.3 is 15.5 Å². The van der Waals surface area contributed by atoms with Crippen molar-refractivity contribution in [2.75, 3.05) is 24.5 Å². The molecule has 5 nitrogen and oxygen atoms in total. The summed E-state index contributed by atoms with van der Waals surface area (Å²) in [6.45, 7) is 3.86. The van der Waals surface area contributed by atoms with Crippen LogP contribution in [0, 0.1) is 11.8 Å². The van der Waals surface area contributed by atoms with Gasteiger partial charge in [-0.25, -0.2) is 0 Å². The van der Waals surface area contributed by atoms with Crippen LogP contribution in [0.15, 0.2) is 24.3 Å². The second kappa shape index (κ2) is 7.11. The molecule has 2 heterocycles. The van der Waals surface area contributed by atoms with Gasteiger partial charge in [-0.3, -0.25) is 9.59 Å². The Morgan fingerprint density at radius 1 is 1.33 bits per heavy atom. The molecule has 1 aromatic rings. The lowest BCUT2D eigenvalue weighted by atomic mass is 9.91. The van der Waals surface area contributed by atoms with Gasteiger partial charge in [-0.15, -0.1) is 0 Å². The second-order valence-corrected chi connectivity index (χ2v) is 7.31. The molecule has 0 spiro atoms. The molecule has 0 aliphatic carbocycles. The molecule has 2 N–H and O–H groups in total. The lowest BCUT2D eigenvalue weighted by molar-refractivity contribution is -0.137. The molecule has 0 saturated carbocycles. The molecule has 2 aliphatic heterocycles. The number of rotatable bonds is 3. The van der Waals surface area contributed by atoms with E-state index in [1.54, 1.807) is 11.0 Å². The molecule has 3 atom stereocenters. The van der Waals surface area contributed by atoms with E-state index < -0.39 is 0 Å². The maximum absolute atomic E-state index is 12.8. The highest BCUT2D eigenvalue weighted by atomic mass is 35.5. The molecule has 2 amide bonds. The van der Waals surface area contributed by atoms with Gasteiger partial charge in [0.05, 0.1) is 16.6 Å². The number of carbonyl (C=O) groups is 2. The van der Waals surface area contributed by atoms with E-state index in [1.165, 1.54) is 0 Å². The second-order valence-electron chi connectivity index (χ2n) is 6.90. The first-order valence-corrected chi connectivity index (χ1v) is 8.94. The molecule has 0 bridgehead atoms. The Hall–Kier alpha value is -1.59. The van der Waals surface area contributed by atoms with Crippen molar-refractivity contribution in [3.63, 3.8) is 0 Å². The first-order valence-electron chi connectivity index (χ1n) is 8.56. The first-order chi connectivity index (χ1) is 11.5. The fourth-order valence-electron chi connectivity index (χ4n) is 3.67. The Kier molecular flexibility index (Phi) is 5.11. The summed E-state index contributed by atoms with van der Waals surface area (Å²) in [6, 6.07) is 7.35. The lowest BCUT2D eigenvalue weighted by Gasteiger charge is -2.35. The van der Waals surface area contributed by atoms with Gasteiger partial charge in [-0.05, 0) is 37.8 Å². The quantitative estimate of drug-likeness (QED) is 0.910. The summed E-state index contributed by atoms with van der Waals surface area (Å²) < 4.78 is 0. The Bertz CT molecular complexity index is 634. The monoisotopic (exact) mass is 349 g/mol. The number of carbonyl (C=O) groups excluding carboxylic acids is 2. The van der Waals surface area contributed by atoms with E-state index in [0.717, 1.165) is 19.4 Å². The highest BCUT2D eigenvalue weighted by Gasteiger charge is 2.39. The number of hydrogen-bond acceptors (Lipinski definition) is 3. The molecule has 1 aromatic carbocycles. The van der Waals surface area contributed by atoms with Crippen molar-refractivity contribution >= 4 is 29.1 Å². The number of halogens is 1. The standard InChI is InChI=1S/C18H24ClN3O2/c1-12(20)13-5-4-8-21(10-13)18(24)14-9-17(23)22(11-14)16-7-3-2-6-15(16)19/h2-3,6-7,12-14H,4-5,8-11,20H2,1H3. The lowest BCUT2D eigenvalue weighted by Crippen LogP contribution is -2.47. The SMILES string of the molecule is CC(N)C1CCCN(C(=O)C2CC(=O)N(c3ccccc3Cl)C2)C1. The molecule has 2 aliphatic rings. The summed E-state index contributed by atoms with van der Waals surface area (Å²) in [6.07, 6.45) is 2.30. The van der Waals surface area contributed by atoms with E-state index in [1.807, 2.05) is 30.0 Å². The zero-order valence-corrected chi connectivity index (χ0v) is 14.7. The van der Waals surface area contributed by atoms with Crippen LogP contribution in [-0.2, 0) is 9.59 Å². The molecule has 6 heteroatoms. The van der Waals surface area contributed by atoms with Crippen LogP contribution in [0.2, 0.25) is 5.02 Å². The molecule has 3 unspecified atom stereocenters. The smallest absolute Gasteiger partial charge is 0.228 e. The van der Waals surface area contributed by atoms with Gasteiger partial charge in [0.2, 0.25) is 11.8 Å². The van der Waals surface area contributed by atoms with Crippen LogP contribution < -0.4 is 10.6 Å². The Morgan fingerprint density at radius 3 is 2.79 bits per heavy atom. The molecule has 0 radical (unpaired) electrons. The minimum atomic E-state index is -0.291. The molecular formula is C18H24ClN3O2. The van der Waals surface area contributed by atoms with Crippen LogP contribution >= 0.6 is 11.6 Å². The van der Waals surface area contributed by atoms with Crippen molar-refractivity contribution in [1.29, 1.82) is 0 Å². The summed E-state index contributed by atoms with van der Waals surface area (Å²) in [7, 11) is 0. The van der Waals surface area contributed by atoms with E-state index in [9.17, 15) is 9.59 Å². The van der Waals surface area contributed by atoms with E-state index >= 15 is 0 Å². The van der Waals surface area contributed by atoms with Crippen molar-refractivity contribution in [3.05, 3.63) is 29.3 Å². The number of anilines is 1. The van der Waals surface area contributed by atoms with E-state index in [4.69, 9.17) is 17.3 Å². The van der Waals surface area contributed by atoms with Gasteiger partial charge >= 0.3 is 0 Å². The zero-order chi connectivity index (χ0) is 17.3. The van der Waals surface area contributed by atoms with Gasteiger partial charge in [0.25, 0.3) is 0 Å². The largest absolute Gasteiger partial charge is 0.342 e. The van der Waals surface area contributed by atoms with Crippen molar-refractivity contribution in [3.8, 4) is 0 Å². The summed E-state index contributed by atoms with van der Waals surface area (Å²) in [5.74, 6) is 0.0885. The van der Waals surface area contributed by atoms with Gasteiger partial charge in [0.1, 0.15) is 0 Å². The fourth-order valence-corrected chi connectivity index (χ4v) is 3.91. The first kappa shape index (κ1) is 17.2. The van der Waals surface area contributed by atoms with Crippen molar-refractivity contribution in [1.82, 2.24) is 4.90 Å². The van der Waals surface area contributed by atoms with E-state index in [2.05, 4.69) is 0 Å². The molecule has 3 rings (SSSR count).